The van der Waals surface area contributed by atoms with Gasteiger partial charge >= 0.3 is 11.9 Å². The van der Waals surface area contributed by atoms with Crippen LogP contribution in [0.1, 0.15) is 71.6 Å². The second kappa shape index (κ2) is 36.8. The van der Waals surface area contributed by atoms with Gasteiger partial charge < -0.3 is 47.4 Å². The maximum absolute atomic E-state index is 11.5. The third-order valence-corrected chi connectivity index (χ3v) is 5.80. The molecule has 0 aromatic rings. The molecule has 0 heterocycles. The third kappa shape index (κ3) is 36.7. The van der Waals surface area contributed by atoms with Crippen molar-refractivity contribution in [2.24, 2.45) is 0 Å². The summed E-state index contributed by atoms with van der Waals surface area (Å²) in [7, 11) is 0. The highest BCUT2D eigenvalue weighted by Gasteiger charge is 2.03. The summed E-state index contributed by atoms with van der Waals surface area (Å²) in [6.45, 7) is 12.3. The number of hydrogen-bond acceptors (Lipinski definition) is 12. The maximum atomic E-state index is 11.5. The zero-order valence-electron chi connectivity index (χ0n) is 27.0. The highest BCUT2D eigenvalue weighted by atomic mass is 16.6. The maximum Gasteiger partial charge on any atom is 0.305 e. The minimum Gasteiger partial charge on any atom is -0.463 e. The van der Waals surface area contributed by atoms with Crippen LogP contribution in [0, 0.1) is 0 Å². The molecule has 0 aromatic heterocycles. The van der Waals surface area contributed by atoms with Crippen molar-refractivity contribution in [2.45, 2.75) is 71.6 Å². The Bertz CT molecular complexity index is 579. The molecule has 0 saturated carbocycles. The van der Waals surface area contributed by atoms with Crippen LogP contribution in [-0.2, 0) is 57.0 Å². The second-order valence-electron chi connectivity index (χ2n) is 9.61. The van der Waals surface area contributed by atoms with Gasteiger partial charge in [0.1, 0.15) is 13.2 Å². The summed E-state index contributed by atoms with van der Waals surface area (Å²) in [5, 5.41) is 0. The number of esters is 2. The van der Waals surface area contributed by atoms with E-state index in [2.05, 4.69) is 13.8 Å². The van der Waals surface area contributed by atoms with Crippen molar-refractivity contribution >= 4 is 11.9 Å². The highest BCUT2D eigenvalue weighted by molar-refractivity contribution is 5.69. The monoisotopic (exact) mass is 624 g/mol. The normalized spacial score (nSPS) is 11.2. The lowest BCUT2D eigenvalue weighted by Gasteiger charge is -2.09. The predicted molar refractivity (Wildman–Crippen MR) is 161 cm³/mol. The van der Waals surface area contributed by atoms with Crippen molar-refractivity contribution in [1.82, 2.24) is 0 Å². The van der Waals surface area contributed by atoms with Gasteiger partial charge in [0.2, 0.25) is 0 Å². The van der Waals surface area contributed by atoms with Crippen molar-refractivity contribution in [1.29, 1.82) is 0 Å². The smallest absolute Gasteiger partial charge is 0.305 e. The lowest BCUT2D eigenvalue weighted by atomic mass is 10.2. The molecule has 12 nitrogen and oxygen atoms in total. The summed E-state index contributed by atoms with van der Waals surface area (Å²) in [5.74, 6) is -0.315. The Morgan fingerprint density at radius 3 is 0.837 bits per heavy atom. The summed E-state index contributed by atoms with van der Waals surface area (Å²) in [6, 6.07) is 0. The lowest BCUT2D eigenvalue weighted by molar-refractivity contribution is -0.146. The molecular weight excluding hydrogens is 564 g/mol. The van der Waals surface area contributed by atoms with Crippen molar-refractivity contribution in [3.05, 3.63) is 0 Å². The molecule has 12 heteroatoms. The lowest BCUT2D eigenvalue weighted by Crippen LogP contribution is -2.15. The van der Waals surface area contributed by atoms with Crippen LogP contribution in [0.3, 0.4) is 0 Å². The number of hydrogen-bond donors (Lipinski definition) is 0. The molecule has 0 unspecified atom stereocenters. The molecule has 0 atom stereocenters. The van der Waals surface area contributed by atoms with Crippen molar-refractivity contribution in [3.63, 3.8) is 0 Å². The van der Waals surface area contributed by atoms with Crippen LogP contribution in [0.4, 0.5) is 0 Å². The molecule has 0 N–H and O–H groups in total. The quantitative estimate of drug-likeness (QED) is 0.0744. The van der Waals surface area contributed by atoms with Gasteiger partial charge in [-0.05, 0) is 12.8 Å². The Hall–Kier alpha value is -1.38. The van der Waals surface area contributed by atoms with E-state index >= 15 is 0 Å². The van der Waals surface area contributed by atoms with Crippen LogP contribution in [0.15, 0.2) is 0 Å². The fourth-order valence-corrected chi connectivity index (χ4v) is 3.43. The van der Waals surface area contributed by atoms with Crippen LogP contribution < -0.4 is 0 Å². The summed E-state index contributed by atoms with van der Waals surface area (Å²) < 4.78 is 53.7. The molecule has 0 aliphatic rings. The largest absolute Gasteiger partial charge is 0.463 e. The van der Waals surface area contributed by atoms with E-state index in [4.69, 9.17) is 47.4 Å². The van der Waals surface area contributed by atoms with Gasteiger partial charge in [0.15, 0.2) is 0 Å². The van der Waals surface area contributed by atoms with Gasteiger partial charge in [-0.15, -0.1) is 0 Å². The van der Waals surface area contributed by atoms with E-state index in [0.29, 0.717) is 119 Å². The molecule has 0 aromatic carbocycles. The topological polar surface area (TPSA) is 126 Å². The zero-order valence-corrected chi connectivity index (χ0v) is 27.0. The van der Waals surface area contributed by atoms with Crippen LogP contribution in [0.25, 0.3) is 0 Å². The summed E-state index contributed by atoms with van der Waals surface area (Å²) in [4.78, 5) is 23.0. The van der Waals surface area contributed by atoms with Crippen molar-refractivity contribution in [3.8, 4) is 0 Å². The molecule has 0 bridgehead atoms. The molecule has 0 aliphatic heterocycles. The standard InChI is InChI=1S/C31H60O12/c1-3-5-7-9-11-31(33)43-29-27-41-25-23-39-21-19-37-17-15-35-13-12-34-14-16-36-18-20-38-22-24-40-26-28-42-30(32)10-8-6-4-2/h3-29H2,1-2H3. The van der Waals surface area contributed by atoms with Gasteiger partial charge in [0, 0.05) is 12.8 Å². The molecule has 256 valence electrons. The fourth-order valence-electron chi connectivity index (χ4n) is 3.43. The molecule has 0 radical (unpaired) electrons. The first-order valence-corrected chi connectivity index (χ1v) is 16.1. The van der Waals surface area contributed by atoms with Gasteiger partial charge in [0.05, 0.1) is 106 Å². The van der Waals surface area contributed by atoms with E-state index in [9.17, 15) is 9.59 Å². The van der Waals surface area contributed by atoms with Crippen LogP contribution in [-0.4, -0.2) is 131 Å². The summed E-state index contributed by atoms with van der Waals surface area (Å²) in [6.07, 6.45) is 8.24. The van der Waals surface area contributed by atoms with Gasteiger partial charge in [-0.3, -0.25) is 9.59 Å². The molecule has 0 spiro atoms. The van der Waals surface area contributed by atoms with Crippen LogP contribution >= 0.6 is 0 Å². The van der Waals surface area contributed by atoms with Gasteiger partial charge in [-0.25, -0.2) is 0 Å². The predicted octanol–water partition coefficient (Wildman–Crippen LogP) is 3.76. The molecule has 0 aliphatic carbocycles. The molecule has 0 saturated heterocycles. The molecule has 43 heavy (non-hydrogen) atoms. The van der Waals surface area contributed by atoms with E-state index in [1.54, 1.807) is 0 Å². The number of carbonyl (C=O) groups is 2. The third-order valence-electron chi connectivity index (χ3n) is 5.80. The average molecular weight is 625 g/mol. The van der Waals surface area contributed by atoms with E-state index in [0.717, 1.165) is 44.9 Å². The van der Waals surface area contributed by atoms with E-state index in [1.165, 1.54) is 0 Å². The number of unbranched alkanes of at least 4 members (excludes halogenated alkanes) is 5. The Labute approximate surface area is 259 Å². The van der Waals surface area contributed by atoms with E-state index < -0.39 is 0 Å². The molecule has 0 amide bonds. The first kappa shape index (κ1) is 41.6. The first-order chi connectivity index (χ1) is 21.2. The summed E-state index contributed by atoms with van der Waals surface area (Å²) >= 11 is 0. The summed E-state index contributed by atoms with van der Waals surface area (Å²) in [5.41, 5.74) is 0. The van der Waals surface area contributed by atoms with Gasteiger partial charge in [0.25, 0.3) is 0 Å². The number of rotatable bonds is 36. The minimum absolute atomic E-state index is 0.154. The SMILES string of the molecule is CCCCCCC(=O)OCCOCCOCCOCCOCCOCCOCCOCCOCCOC(=O)CCCCC. The fraction of sp³-hybridized carbons (Fsp3) is 0.935. The van der Waals surface area contributed by atoms with Gasteiger partial charge in [-0.2, -0.15) is 0 Å². The second-order valence-corrected chi connectivity index (χ2v) is 9.61. The Morgan fingerprint density at radius 1 is 0.326 bits per heavy atom. The minimum atomic E-state index is -0.161. The van der Waals surface area contributed by atoms with Crippen molar-refractivity contribution < 1.29 is 57.0 Å². The Morgan fingerprint density at radius 2 is 0.558 bits per heavy atom. The zero-order chi connectivity index (χ0) is 31.3. The van der Waals surface area contributed by atoms with Crippen molar-refractivity contribution in [2.75, 3.05) is 119 Å². The van der Waals surface area contributed by atoms with Crippen LogP contribution in [0.5, 0.6) is 0 Å². The van der Waals surface area contributed by atoms with E-state index in [1.807, 2.05) is 0 Å². The highest BCUT2D eigenvalue weighted by Crippen LogP contribution is 2.03. The van der Waals surface area contributed by atoms with Gasteiger partial charge in [-0.1, -0.05) is 46.0 Å². The number of ether oxygens (including phenoxy) is 10. The first-order valence-electron chi connectivity index (χ1n) is 16.1. The molecule has 0 fully saturated rings. The Kier molecular flexibility index (Phi) is 35.6. The van der Waals surface area contributed by atoms with Crippen LogP contribution in [0.2, 0.25) is 0 Å². The number of carbonyl (C=O) groups excluding carboxylic acids is 2. The molecular formula is C31H60O12. The molecule has 0 rings (SSSR count). The van der Waals surface area contributed by atoms with E-state index in [-0.39, 0.29) is 25.2 Å². The average Bonchev–Trinajstić information content (AvgIpc) is 3.00. The Balaban J connectivity index is 3.11.